The lowest BCUT2D eigenvalue weighted by Gasteiger charge is -2.31. The molecule has 3 unspecified atom stereocenters. The van der Waals surface area contributed by atoms with Crippen molar-refractivity contribution in [3.8, 4) is 0 Å². The summed E-state index contributed by atoms with van der Waals surface area (Å²) in [5.74, 6) is -0.0137. The van der Waals surface area contributed by atoms with E-state index in [4.69, 9.17) is 0 Å². The number of halogens is 1. The van der Waals surface area contributed by atoms with Gasteiger partial charge in [-0.3, -0.25) is 4.98 Å². The zero-order chi connectivity index (χ0) is 15.8. The number of hydrogen-bond acceptors (Lipinski definition) is 4. The molecule has 5 heteroatoms. The first-order valence-corrected chi connectivity index (χ1v) is 7.65. The summed E-state index contributed by atoms with van der Waals surface area (Å²) in [5.41, 5.74) is 0.863. The topological polar surface area (TPSA) is 48.4 Å². The summed E-state index contributed by atoms with van der Waals surface area (Å²) in [4.78, 5) is 6.35. The van der Waals surface area contributed by atoms with Crippen molar-refractivity contribution in [2.75, 3.05) is 26.7 Å². The quantitative estimate of drug-likeness (QED) is 0.734. The molecule has 1 aromatic rings. The minimum absolute atomic E-state index is 0.0823. The average Bonchev–Trinajstić information content (AvgIpc) is 2.48. The van der Waals surface area contributed by atoms with Crippen LogP contribution in [0.5, 0.6) is 0 Å². The molecular weight excluding hydrogens is 269 g/mol. The fourth-order valence-corrected chi connectivity index (χ4v) is 2.35. The van der Waals surface area contributed by atoms with Crippen LogP contribution in [0.4, 0.5) is 4.39 Å². The molecule has 0 aliphatic rings. The minimum Gasteiger partial charge on any atom is -0.395 e. The van der Waals surface area contributed by atoms with E-state index in [0.29, 0.717) is 5.92 Å². The minimum atomic E-state index is -0.313. The fourth-order valence-electron chi connectivity index (χ4n) is 2.35. The maximum Gasteiger partial charge on any atom is 0.141 e. The predicted octanol–water partition coefficient (Wildman–Crippen LogP) is 2.21. The monoisotopic (exact) mass is 297 g/mol. The Balaban J connectivity index is 2.78. The van der Waals surface area contributed by atoms with Crippen molar-refractivity contribution in [2.45, 2.75) is 39.3 Å². The molecule has 0 saturated carbocycles. The molecule has 1 aromatic heterocycles. The molecule has 0 aliphatic carbocycles. The molecule has 2 N–H and O–H groups in total. The third-order valence-electron chi connectivity index (χ3n) is 3.84. The smallest absolute Gasteiger partial charge is 0.141 e. The number of pyridine rings is 1. The highest BCUT2D eigenvalue weighted by Gasteiger charge is 2.22. The van der Waals surface area contributed by atoms with Gasteiger partial charge in [0, 0.05) is 12.6 Å². The molecule has 0 aromatic carbocycles. The van der Waals surface area contributed by atoms with E-state index in [-0.39, 0.29) is 24.5 Å². The second-order valence-electron chi connectivity index (χ2n) is 5.78. The maximum absolute atomic E-state index is 13.0. The van der Waals surface area contributed by atoms with E-state index in [1.807, 2.05) is 14.0 Å². The van der Waals surface area contributed by atoms with Crippen molar-refractivity contribution in [3.05, 3.63) is 29.8 Å². The van der Waals surface area contributed by atoms with Gasteiger partial charge < -0.3 is 15.3 Å². The van der Waals surface area contributed by atoms with Crippen LogP contribution in [0.3, 0.4) is 0 Å². The van der Waals surface area contributed by atoms with Crippen LogP contribution in [0.25, 0.3) is 0 Å². The normalized spacial score (nSPS) is 16.0. The third-order valence-corrected chi connectivity index (χ3v) is 3.84. The van der Waals surface area contributed by atoms with E-state index in [1.54, 1.807) is 6.07 Å². The van der Waals surface area contributed by atoms with Gasteiger partial charge in [-0.25, -0.2) is 4.39 Å². The van der Waals surface area contributed by atoms with E-state index >= 15 is 0 Å². The predicted molar refractivity (Wildman–Crippen MR) is 83.6 cm³/mol. The summed E-state index contributed by atoms with van der Waals surface area (Å²) in [5, 5.41) is 12.7. The highest BCUT2D eigenvalue weighted by Crippen LogP contribution is 2.21. The number of aromatic nitrogens is 1. The van der Waals surface area contributed by atoms with E-state index in [1.165, 1.54) is 12.3 Å². The van der Waals surface area contributed by atoms with Gasteiger partial charge in [0.1, 0.15) is 5.82 Å². The van der Waals surface area contributed by atoms with Gasteiger partial charge in [-0.1, -0.05) is 13.8 Å². The lowest BCUT2D eigenvalue weighted by molar-refractivity contribution is 0.136. The number of rotatable bonds is 9. The van der Waals surface area contributed by atoms with E-state index in [2.05, 4.69) is 29.0 Å². The first-order chi connectivity index (χ1) is 9.99. The Labute approximate surface area is 127 Å². The van der Waals surface area contributed by atoms with Crippen LogP contribution in [0.2, 0.25) is 0 Å². The van der Waals surface area contributed by atoms with Gasteiger partial charge in [-0.05, 0) is 45.0 Å². The van der Waals surface area contributed by atoms with Crippen molar-refractivity contribution in [1.82, 2.24) is 15.2 Å². The zero-order valence-electron chi connectivity index (χ0n) is 13.5. The molecule has 4 nitrogen and oxygen atoms in total. The first-order valence-electron chi connectivity index (χ1n) is 7.65. The van der Waals surface area contributed by atoms with Crippen molar-refractivity contribution in [3.63, 3.8) is 0 Å². The number of likely N-dealkylation sites (N-methyl/N-ethyl adjacent to an activating group) is 1. The van der Waals surface area contributed by atoms with Gasteiger partial charge in [-0.15, -0.1) is 0 Å². The number of hydrogen-bond donors (Lipinski definition) is 2. The second kappa shape index (κ2) is 9.07. The lowest BCUT2D eigenvalue weighted by atomic mass is 9.97. The lowest BCUT2D eigenvalue weighted by Crippen LogP contribution is -2.39. The highest BCUT2D eigenvalue weighted by atomic mass is 19.1. The molecule has 0 saturated heterocycles. The van der Waals surface area contributed by atoms with Crippen LogP contribution in [0.1, 0.15) is 38.9 Å². The molecule has 0 radical (unpaired) electrons. The number of aliphatic hydroxyl groups excluding tert-OH is 1. The highest BCUT2D eigenvalue weighted by molar-refractivity contribution is 5.11. The Morgan fingerprint density at radius 2 is 2.10 bits per heavy atom. The standard InChI is InChI=1S/C16H28FN3O/c1-5-8-18-16(15-7-6-14(17)9-19-15)12(2)10-20(4)13(3)11-21/h6-7,9,12-13,16,18,21H,5,8,10-11H2,1-4H3. The van der Waals surface area contributed by atoms with Crippen molar-refractivity contribution >= 4 is 0 Å². The van der Waals surface area contributed by atoms with Crippen LogP contribution in [0, 0.1) is 11.7 Å². The van der Waals surface area contributed by atoms with Crippen molar-refractivity contribution < 1.29 is 9.50 Å². The molecular formula is C16H28FN3O. The molecule has 120 valence electrons. The van der Waals surface area contributed by atoms with Crippen LogP contribution in [-0.4, -0.2) is 47.8 Å². The summed E-state index contributed by atoms with van der Waals surface area (Å²) in [6, 6.07) is 3.41. The van der Waals surface area contributed by atoms with Crippen LogP contribution < -0.4 is 5.32 Å². The molecule has 0 bridgehead atoms. The summed E-state index contributed by atoms with van der Waals surface area (Å²) in [7, 11) is 2.01. The summed E-state index contributed by atoms with van der Waals surface area (Å²) in [6.07, 6.45) is 2.30. The maximum atomic E-state index is 13.0. The first kappa shape index (κ1) is 18.0. The summed E-state index contributed by atoms with van der Waals surface area (Å²) >= 11 is 0. The number of nitrogens with one attached hydrogen (secondary N) is 1. The molecule has 0 spiro atoms. The van der Waals surface area contributed by atoms with Crippen LogP contribution in [0.15, 0.2) is 18.3 Å². The molecule has 0 fully saturated rings. The molecule has 1 heterocycles. The fraction of sp³-hybridized carbons (Fsp3) is 0.688. The van der Waals surface area contributed by atoms with Gasteiger partial charge in [-0.2, -0.15) is 0 Å². The van der Waals surface area contributed by atoms with Gasteiger partial charge in [0.25, 0.3) is 0 Å². The second-order valence-corrected chi connectivity index (χ2v) is 5.78. The third kappa shape index (κ3) is 5.69. The molecule has 3 atom stereocenters. The average molecular weight is 297 g/mol. The number of nitrogens with zero attached hydrogens (tertiary/aromatic N) is 2. The largest absolute Gasteiger partial charge is 0.395 e. The van der Waals surface area contributed by atoms with Crippen molar-refractivity contribution in [1.29, 1.82) is 0 Å². The zero-order valence-corrected chi connectivity index (χ0v) is 13.5. The molecule has 1 rings (SSSR count). The summed E-state index contributed by atoms with van der Waals surface area (Å²) in [6.45, 7) is 8.14. The molecule has 0 amide bonds. The van der Waals surface area contributed by atoms with Gasteiger partial charge in [0.15, 0.2) is 0 Å². The van der Waals surface area contributed by atoms with E-state index in [0.717, 1.165) is 25.2 Å². The SMILES string of the molecule is CCCNC(c1ccc(F)cn1)C(C)CN(C)C(C)CO. The van der Waals surface area contributed by atoms with E-state index in [9.17, 15) is 9.50 Å². The van der Waals surface area contributed by atoms with Crippen LogP contribution in [-0.2, 0) is 0 Å². The molecule has 21 heavy (non-hydrogen) atoms. The summed E-state index contributed by atoms with van der Waals surface area (Å²) < 4.78 is 13.0. The van der Waals surface area contributed by atoms with Crippen LogP contribution >= 0.6 is 0 Å². The Bertz CT molecular complexity index is 399. The Morgan fingerprint density at radius 1 is 1.38 bits per heavy atom. The Kier molecular flexibility index (Phi) is 7.78. The Morgan fingerprint density at radius 3 is 2.62 bits per heavy atom. The molecule has 0 aliphatic heterocycles. The Hall–Kier alpha value is -1.04. The van der Waals surface area contributed by atoms with Crippen molar-refractivity contribution in [2.24, 2.45) is 5.92 Å². The number of aliphatic hydroxyl groups is 1. The van der Waals surface area contributed by atoms with Gasteiger partial charge in [0.05, 0.1) is 24.5 Å². The van der Waals surface area contributed by atoms with E-state index < -0.39 is 0 Å². The van der Waals surface area contributed by atoms with Gasteiger partial charge >= 0.3 is 0 Å². The van der Waals surface area contributed by atoms with Gasteiger partial charge in [0.2, 0.25) is 0 Å².